The number of halogens is 1. The summed E-state index contributed by atoms with van der Waals surface area (Å²) in [5, 5.41) is 9.79. The molecule has 1 unspecified atom stereocenters. The van der Waals surface area contributed by atoms with Crippen LogP contribution in [0, 0.1) is 5.82 Å². The molecule has 0 aliphatic carbocycles. The number of likely N-dealkylation sites (tertiary alicyclic amines) is 1. The lowest BCUT2D eigenvalue weighted by Crippen LogP contribution is -2.57. The van der Waals surface area contributed by atoms with Gasteiger partial charge in [-0.25, -0.2) is 4.39 Å². The number of amides is 2. The van der Waals surface area contributed by atoms with Gasteiger partial charge in [-0.15, -0.1) is 0 Å². The zero-order chi connectivity index (χ0) is 18.8. The highest BCUT2D eigenvalue weighted by Crippen LogP contribution is 2.26. The van der Waals surface area contributed by atoms with Gasteiger partial charge in [-0.05, 0) is 25.0 Å². The number of hydrogen-bond donors (Lipinski definition) is 2. The first-order chi connectivity index (χ1) is 13.1. The van der Waals surface area contributed by atoms with Gasteiger partial charge in [0.15, 0.2) is 0 Å². The van der Waals surface area contributed by atoms with Crippen LogP contribution in [0.25, 0.3) is 11.3 Å². The summed E-state index contributed by atoms with van der Waals surface area (Å²) in [7, 11) is 0. The van der Waals surface area contributed by atoms with Gasteiger partial charge in [0.05, 0.1) is 24.0 Å². The van der Waals surface area contributed by atoms with Crippen molar-refractivity contribution in [2.45, 2.75) is 18.9 Å². The summed E-state index contributed by atoms with van der Waals surface area (Å²) in [5.41, 5.74) is 1.06. The molecule has 0 spiro atoms. The molecule has 0 bridgehead atoms. The number of piperidine rings is 1. The molecule has 2 aromatic rings. The zero-order valence-electron chi connectivity index (χ0n) is 14.9. The van der Waals surface area contributed by atoms with Crippen molar-refractivity contribution in [2.24, 2.45) is 0 Å². The normalized spacial score (nSPS) is 20.8. The van der Waals surface area contributed by atoms with Crippen molar-refractivity contribution in [2.75, 3.05) is 32.7 Å². The van der Waals surface area contributed by atoms with E-state index in [-0.39, 0.29) is 17.9 Å². The molecule has 2 N–H and O–H groups in total. The number of nitrogens with zero attached hydrogens (tertiary/aromatic N) is 3. The summed E-state index contributed by atoms with van der Waals surface area (Å²) in [4.78, 5) is 28.9. The minimum Gasteiger partial charge on any atom is -0.336 e. The number of H-pyrrole nitrogens is 1. The second-order valence-electron chi connectivity index (χ2n) is 6.95. The Morgan fingerprint density at radius 3 is 2.93 bits per heavy atom. The minimum absolute atomic E-state index is 0.0288. The number of aromatic nitrogens is 2. The van der Waals surface area contributed by atoms with Crippen molar-refractivity contribution in [3.05, 3.63) is 41.8 Å². The van der Waals surface area contributed by atoms with Crippen LogP contribution in [-0.4, -0.2) is 70.6 Å². The van der Waals surface area contributed by atoms with Gasteiger partial charge in [0, 0.05) is 37.8 Å². The molecule has 7 nitrogen and oxygen atoms in total. The first-order valence-electron chi connectivity index (χ1n) is 9.23. The van der Waals surface area contributed by atoms with Gasteiger partial charge >= 0.3 is 0 Å². The average molecular weight is 371 g/mol. The van der Waals surface area contributed by atoms with E-state index in [0.717, 1.165) is 19.4 Å². The number of nitrogens with one attached hydrogen (secondary N) is 2. The Morgan fingerprint density at radius 2 is 2.11 bits per heavy atom. The van der Waals surface area contributed by atoms with E-state index in [2.05, 4.69) is 15.5 Å². The summed E-state index contributed by atoms with van der Waals surface area (Å²) in [6, 6.07) is 6.34. The lowest BCUT2D eigenvalue weighted by atomic mass is 10.0. The predicted molar refractivity (Wildman–Crippen MR) is 97.5 cm³/mol. The van der Waals surface area contributed by atoms with Gasteiger partial charge < -0.3 is 15.1 Å². The highest BCUT2D eigenvalue weighted by Gasteiger charge is 2.33. The number of carbonyl (C=O) groups excluding carboxylic acids is 2. The van der Waals surface area contributed by atoms with Crippen LogP contribution in [0.1, 0.15) is 23.2 Å². The molecule has 2 saturated heterocycles. The first kappa shape index (κ1) is 17.7. The molecule has 1 aromatic heterocycles. The topological polar surface area (TPSA) is 81.3 Å². The van der Waals surface area contributed by atoms with Crippen molar-refractivity contribution in [1.82, 2.24) is 25.3 Å². The largest absolute Gasteiger partial charge is 0.336 e. The second kappa shape index (κ2) is 7.48. The number of piperazine rings is 1. The van der Waals surface area contributed by atoms with Crippen molar-refractivity contribution >= 4 is 11.8 Å². The van der Waals surface area contributed by atoms with Crippen LogP contribution in [0.4, 0.5) is 4.39 Å². The molecule has 2 aliphatic rings. The number of hydrogen-bond acceptors (Lipinski definition) is 4. The highest BCUT2D eigenvalue weighted by molar-refractivity contribution is 6.00. The Bertz CT molecular complexity index is 852. The zero-order valence-corrected chi connectivity index (χ0v) is 14.9. The Kier molecular flexibility index (Phi) is 4.89. The molecule has 0 radical (unpaired) electrons. The lowest BCUT2D eigenvalue weighted by Gasteiger charge is -2.41. The SMILES string of the molecule is O=C(c1cn[nH]c1-c1ccccc1F)N1CCCC(N2CCNCC2=O)C1. The molecule has 8 heteroatoms. The molecule has 2 fully saturated rings. The van der Waals surface area contributed by atoms with Crippen LogP contribution in [0.3, 0.4) is 0 Å². The Hall–Kier alpha value is -2.74. The van der Waals surface area contributed by atoms with Crippen molar-refractivity contribution in [3.63, 3.8) is 0 Å². The summed E-state index contributed by atoms with van der Waals surface area (Å²) in [6.45, 7) is 2.90. The maximum atomic E-state index is 14.2. The maximum absolute atomic E-state index is 14.2. The van der Waals surface area contributed by atoms with E-state index in [4.69, 9.17) is 0 Å². The van der Waals surface area contributed by atoms with Gasteiger partial charge in [-0.3, -0.25) is 14.7 Å². The van der Waals surface area contributed by atoms with E-state index in [9.17, 15) is 14.0 Å². The van der Waals surface area contributed by atoms with Crippen molar-refractivity contribution < 1.29 is 14.0 Å². The molecule has 2 aliphatic heterocycles. The third kappa shape index (κ3) is 3.44. The fourth-order valence-electron chi connectivity index (χ4n) is 3.89. The van der Waals surface area contributed by atoms with Gasteiger partial charge in [0.1, 0.15) is 5.82 Å². The molecule has 2 amide bonds. The van der Waals surface area contributed by atoms with Crippen molar-refractivity contribution in [1.29, 1.82) is 0 Å². The standard InChI is InChI=1S/C19H22FN5O2/c20-16-6-2-1-5-14(16)18-15(10-22-23-18)19(27)24-8-3-4-13(12-24)25-9-7-21-11-17(25)26/h1-2,5-6,10,13,21H,3-4,7-9,11-12H2,(H,22,23). The molecule has 27 heavy (non-hydrogen) atoms. The van der Waals surface area contributed by atoms with E-state index in [1.165, 1.54) is 12.3 Å². The molecule has 1 atom stereocenters. The van der Waals surface area contributed by atoms with Crippen LogP contribution >= 0.6 is 0 Å². The first-order valence-corrected chi connectivity index (χ1v) is 9.23. The minimum atomic E-state index is -0.404. The molecule has 4 rings (SSSR count). The Morgan fingerprint density at radius 1 is 1.26 bits per heavy atom. The summed E-state index contributed by atoms with van der Waals surface area (Å²) >= 11 is 0. The highest BCUT2D eigenvalue weighted by atomic mass is 19.1. The Balaban J connectivity index is 1.54. The Labute approximate surface area is 156 Å². The van der Waals surface area contributed by atoms with Crippen molar-refractivity contribution in [3.8, 4) is 11.3 Å². The van der Waals surface area contributed by atoms with Gasteiger partial charge in [-0.2, -0.15) is 5.10 Å². The molecule has 142 valence electrons. The number of benzene rings is 1. The van der Waals surface area contributed by atoms with Gasteiger partial charge in [-0.1, -0.05) is 12.1 Å². The fraction of sp³-hybridized carbons (Fsp3) is 0.421. The van der Waals surface area contributed by atoms with E-state index < -0.39 is 5.82 Å². The van der Waals surface area contributed by atoms with Crippen LogP contribution in [0.2, 0.25) is 0 Å². The number of carbonyl (C=O) groups is 2. The fourth-order valence-corrected chi connectivity index (χ4v) is 3.89. The van der Waals surface area contributed by atoms with Crippen LogP contribution in [0.15, 0.2) is 30.5 Å². The van der Waals surface area contributed by atoms with E-state index in [0.29, 0.717) is 43.0 Å². The monoisotopic (exact) mass is 371 g/mol. The van der Waals surface area contributed by atoms with E-state index in [1.807, 2.05) is 4.90 Å². The maximum Gasteiger partial charge on any atom is 0.257 e. The van der Waals surface area contributed by atoms with Gasteiger partial charge in [0.25, 0.3) is 5.91 Å². The van der Waals surface area contributed by atoms with Gasteiger partial charge in [0.2, 0.25) is 5.91 Å². The summed E-state index contributed by atoms with van der Waals surface area (Å²) < 4.78 is 14.2. The molecule has 3 heterocycles. The predicted octanol–water partition coefficient (Wildman–Crippen LogP) is 1.25. The van der Waals surface area contributed by atoms with Crippen LogP contribution in [-0.2, 0) is 4.79 Å². The number of rotatable bonds is 3. The third-order valence-corrected chi connectivity index (χ3v) is 5.26. The molecular formula is C19H22FN5O2. The van der Waals surface area contributed by atoms with E-state index in [1.54, 1.807) is 23.1 Å². The quantitative estimate of drug-likeness (QED) is 0.851. The van der Waals surface area contributed by atoms with Crippen LogP contribution < -0.4 is 5.32 Å². The third-order valence-electron chi connectivity index (χ3n) is 5.26. The summed E-state index contributed by atoms with van der Waals surface area (Å²) in [5.74, 6) is -0.510. The summed E-state index contributed by atoms with van der Waals surface area (Å²) in [6.07, 6.45) is 3.17. The average Bonchev–Trinajstić information content (AvgIpc) is 3.18. The molecule has 0 saturated carbocycles. The molecule has 1 aromatic carbocycles. The van der Waals surface area contributed by atoms with E-state index >= 15 is 0 Å². The number of aromatic amines is 1. The molecular weight excluding hydrogens is 349 g/mol. The van der Waals surface area contributed by atoms with Crippen LogP contribution in [0.5, 0.6) is 0 Å². The second-order valence-corrected chi connectivity index (χ2v) is 6.95. The lowest BCUT2D eigenvalue weighted by molar-refractivity contribution is -0.135. The smallest absolute Gasteiger partial charge is 0.257 e.